The first-order valence-electron chi connectivity index (χ1n) is 5.71. The molecule has 1 aromatic heterocycles. The van der Waals surface area contributed by atoms with Crippen molar-refractivity contribution in [3.8, 4) is 11.5 Å². The fourth-order valence-electron chi connectivity index (χ4n) is 1.65. The zero-order valence-corrected chi connectivity index (χ0v) is 10.2. The van der Waals surface area contributed by atoms with Crippen molar-refractivity contribution in [3.05, 3.63) is 35.5 Å². The second kappa shape index (κ2) is 4.65. The summed E-state index contributed by atoms with van der Waals surface area (Å²) in [5.74, 6) is 0.734. The van der Waals surface area contributed by atoms with E-state index in [2.05, 4.69) is 24.0 Å². The molecule has 0 spiro atoms. The van der Waals surface area contributed by atoms with Gasteiger partial charge in [-0.3, -0.25) is 0 Å². The maximum atomic E-state index is 13.7. The Morgan fingerprint density at radius 3 is 2.71 bits per heavy atom. The molecule has 0 aliphatic rings. The number of aromatic nitrogens is 2. The molecule has 0 amide bonds. The van der Waals surface area contributed by atoms with E-state index in [4.69, 9.17) is 4.42 Å². The average molecular weight is 234 g/mol. The summed E-state index contributed by atoms with van der Waals surface area (Å²) in [7, 11) is 0. The highest BCUT2D eigenvalue weighted by atomic mass is 19.1. The minimum atomic E-state index is -0.333. The minimum Gasteiger partial charge on any atom is -0.421 e. The van der Waals surface area contributed by atoms with E-state index in [9.17, 15) is 4.39 Å². The first-order chi connectivity index (χ1) is 8.11. The molecule has 1 atom stereocenters. The second-order valence-corrected chi connectivity index (χ2v) is 4.17. The van der Waals surface area contributed by atoms with E-state index in [0.717, 1.165) is 12.0 Å². The Labute approximate surface area is 99.7 Å². The van der Waals surface area contributed by atoms with Gasteiger partial charge in [0.1, 0.15) is 5.82 Å². The van der Waals surface area contributed by atoms with E-state index < -0.39 is 0 Å². The van der Waals surface area contributed by atoms with Crippen LogP contribution in [-0.4, -0.2) is 10.2 Å². The molecular formula is C13H15FN2O. The van der Waals surface area contributed by atoms with Gasteiger partial charge in [0.2, 0.25) is 5.89 Å². The van der Waals surface area contributed by atoms with Crippen molar-refractivity contribution in [1.82, 2.24) is 10.2 Å². The fourth-order valence-corrected chi connectivity index (χ4v) is 1.65. The largest absolute Gasteiger partial charge is 0.421 e. The van der Waals surface area contributed by atoms with Crippen LogP contribution >= 0.6 is 0 Å². The summed E-state index contributed by atoms with van der Waals surface area (Å²) in [4.78, 5) is 0. The number of benzene rings is 1. The number of hydrogen-bond acceptors (Lipinski definition) is 3. The SMILES string of the molecule is CCC(C)c1ccc(F)c(-c2nnc(C)o2)c1. The molecule has 1 aromatic carbocycles. The summed E-state index contributed by atoms with van der Waals surface area (Å²) in [6, 6.07) is 5.04. The highest BCUT2D eigenvalue weighted by molar-refractivity contribution is 5.55. The molecule has 17 heavy (non-hydrogen) atoms. The average Bonchev–Trinajstić information content (AvgIpc) is 2.75. The summed E-state index contributed by atoms with van der Waals surface area (Å²) < 4.78 is 19.0. The van der Waals surface area contributed by atoms with Gasteiger partial charge in [0, 0.05) is 6.92 Å². The number of hydrogen-bond donors (Lipinski definition) is 0. The molecule has 0 aliphatic heterocycles. The van der Waals surface area contributed by atoms with Gasteiger partial charge in [-0.15, -0.1) is 10.2 Å². The van der Waals surface area contributed by atoms with Gasteiger partial charge in [0.05, 0.1) is 5.56 Å². The molecule has 1 heterocycles. The van der Waals surface area contributed by atoms with Crippen LogP contribution in [0.1, 0.15) is 37.6 Å². The topological polar surface area (TPSA) is 38.9 Å². The Balaban J connectivity index is 2.46. The zero-order chi connectivity index (χ0) is 12.4. The fraction of sp³-hybridized carbons (Fsp3) is 0.385. The minimum absolute atomic E-state index is 0.241. The molecule has 90 valence electrons. The van der Waals surface area contributed by atoms with Crippen molar-refractivity contribution in [3.63, 3.8) is 0 Å². The first kappa shape index (κ1) is 11.8. The van der Waals surface area contributed by atoms with E-state index in [1.807, 2.05) is 0 Å². The van der Waals surface area contributed by atoms with Crippen molar-refractivity contribution < 1.29 is 8.81 Å². The molecule has 0 N–H and O–H groups in total. The Morgan fingerprint density at radius 2 is 2.12 bits per heavy atom. The van der Waals surface area contributed by atoms with Gasteiger partial charge >= 0.3 is 0 Å². The van der Waals surface area contributed by atoms with Crippen LogP contribution in [0.2, 0.25) is 0 Å². The number of halogens is 1. The van der Waals surface area contributed by atoms with Gasteiger partial charge < -0.3 is 4.42 Å². The Hall–Kier alpha value is -1.71. The van der Waals surface area contributed by atoms with Crippen molar-refractivity contribution in [1.29, 1.82) is 0 Å². The van der Waals surface area contributed by atoms with Gasteiger partial charge in [0.15, 0.2) is 0 Å². The van der Waals surface area contributed by atoms with Crippen LogP contribution in [0.3, 0.4) is 0 Å². The summed E-state index contributed by atoms with van der Waals surface area (Å²) in [5.41, 5.74) is 1.46. The molecule has 4 heteroatoms. The van der Waals surface area contributed by atoms with Crippen LogP contribution in [-0.2, 0) is 0 Å². The van der Waals surface area contributed by atoms with Crippen molar-refractivity contribution >= 4 is 0 Å². The monoisotopic (exact) mass is 234 g/mol. The predicted molar refractivity (Wildman–Crippen MR) is 63.1 cm³/mol. The Bertz CT molecular complexity index is 522. The lowest BCUT2D eigenvalue weighted by molar-refractivity contribution is 0.526. The zero-order valence-electron chi connectivity index (χ0n) is 10.2. The Morgan fingerprint density at radius 1 is 1.35 bits per heavy atom. The van der Waals surface area contributed by atoms with Crippen LogP contribution in [0, 0.1) is 12.7 Å². The molecule has 2 rings (SSSR count). The quantitative estimate of drug-likeness (QED) is 0.812. The van der Waals surface area contributed by atoms with Crippen molar-refractivity contribution in [2.24, 2.45) is 0 Å². The molecule has 2 aromatic rings. The summed E-state index contributed by atoms with van der Waals surface area (Å²) in [6.45, 7) is 5.90. The van der Waals surface area contributed by atoms with Crippen LogP contribution in [0.5, 0.6) is 0 Å². The van der Waals surface area contributed by atoms with Crippen LogP contribution in [0.25, 0.3) is 11.5 Å². The molecular weight excluding hydrogens is 219 g/mol. The summed E-state index contributed by atoms with van der Waals surface area (Å²) in [5, 5.41) is 7.56. The molecule has 0 saturated heterocycles. The first-order valence-corrected chi connectivity index (χ1v) is 5.71. The van der Waals surface area contributed by atoms with Crippen LogP contribution in [0.4, 0.5) is 4.39 Å². The van der Waals surface area contributed by atoms with E-state index in [1.54, 1.807) is 19.1 Å². The highest BCUT2D eigenvalue weighted by Crippen LogP contribution is 2.27. The lowest BCUT2D eigenvalue weighted by Gasteiger charge is -2.10. The van der Waals surface area contributed by atoms with E-state index in [1.165, 1.54) is 6.07 Å². The summed E-state index contributed by atoms with van der Waals surface area (Å²) >= 11 is 0. The van der Waals surface area contributed by atoms with Gasteiger partial charge in [-0.2, -0.15) is 0 Å². The molecule has 1 unspecified atom stereocenters. The van der Waals surface area contributed by atoms with E-state index in [0.29, 0.717) is 17.4 Å². The van der Waals surface area contributed by atoms with Gasteiger partial charge in [-0.05, 0) is 30.0 Å². The third-order valence-electron chi connectivity index (χ3n) is 2.93. The smallest absolute Gasteiger partial charge is 0.250 e. The third kappa shape index (κ3) is 2.35. The molecule has 0 saturated carbocycles. The molecule has 0 radical (unpaired) electrons. The molecule has 3 nitrogen and oxygen atoms in total. The number of aryl methyl sites for hydroxylation is 1. The standard InChI is InChI=1S/C13H15FN2O/c1-4-8(2)10-5-6-12(14)11(7-10)13-16-15-9(3)17-13/h5-8H,4H2,1-3H3. The maximum Gasteiger partial charge on any atom is 0.250 e. The lowest BCUT2D eigenvalue weighted by Crippen LogP contribution is -1.94. The highest BCUT2D eigenvalue weighted by Gasteiger charge is 2.14. The predicted octanol–water partition coefficient (Wildman–Crippen LogP) is 3.70. The van der Waals surface area contributed by atoms with Crippen molar-refractivity contribution in [2.45, 2.75) is 33.1 Å². The van der Waals surface area contributed by atoms with E-state index in [-0.39, 0.29) is 11.7 Å². The second-order valence-electron chi connectivity index (χ2n) is 4.17. The van der Waals surface area contributed by atoms with Crippen LogP contribution in [0.15, 0.2) is 22.6 Å². The maximum absolute atomic E-state index is 13.7. The van der Waals surface area contributed by atoms with Gasteiger partial charge in [-0.1, -0.05) is 19.9 Å². The van der Waals surface area contributed by atoms with E-state index >= 15 is 0 Å². The lowest BCUT2D eigenvalue weighted by atomic mass is 9.96. The normalized spacial score (nSPS) is 12.7. The molecule has 0 fully saturated rings. The number of nitrogens with zero attached hydrogens (tertiary/aromatic N) is 2. The van der Waals surface area contributed by atoms with Crippen LogP contribution < -0.4 is 0 Å². The molecule has 0 bridgehead atoms. The number of rotatable bonds is 3. The van der Waals surface area contributed by atoms with Gasteiger partial charge in [-0.25, -0.2) is 4.39 Å². The Kier molecular flexibility index (Phi) is 3.22. The molecule has 0 aliphatic carbocycles. The third-order valence-corrected chi connectivity index (χ3v) is 2.93. The van der Waals surface area contributed by atoms with Gasteiger partial charge in [0.25, 0.3) is 5.89 Å². The van der Waals surface area contributed by atoms with Crippen molar-refractivity contribution in [2.75, 3.05) is 0 Å². The summed E-state index contributed by atoms with van der Waals surface area (Å²) in [6.07, 6.45) is 1.01.